The Kier molecular flexibility index (Phi) is 5.33. The van der Waals surface area contributed by atoms with Crippen LogP contribution in [0, 0.1) is 0 Å². The van der Waals surface area contributed by atoms with E-state index in [1.807, 2.05) is 0 Å². The molecular formula is C6H13F3N4O2. The van der Waals surface area contributed by atoms with Gasteiger partial charge in [0.1, 0.15) is 0 Å². The van der Waals surface area contributed by atoms with Crippen molar-refractivity contribution >= 4 is 6.09 Å². The van der Waals surface area contributed by atoms with Gasteiger partial charge in [-0.15, -0.1) is 0 Å². The summed E-state index contributed by atoms with van der Waals surface area (Å²) in [6, 6.07) is 0. The van der Waals surface area contributed by atoms with Crippen LogP contribution in [0.15, 0.2) is 0 Å². The number of halogens is 3. The van der Waals surface area contributed by atoms with Crippen LogP contribution < -0.4 is 16.3 Å². The van der Waals surface area contributed by atoms with E-state index in [2.05, 4.69) is 10.2 Å². The van der Waals surface area contributed by atoms with Gasteiger partial charge in [0.15, 0.2) is 6.17 Å². The Labute approximate surface area is 84.7 Å². The topological polar surface area (TPSA) is 65.6 Å². The van der Waals surface area contributed by atoms with E-state index in [4.69, 9.17) is 0 Å². The van der Waals surface area contributed by atoms with E-state index in [0.29, 0.717) is 0 Å². The Morgan fingerprint density at radius 3 is 2.33 bits per heavy atom. The molecule has 0 bridgehead atoms. The average molecular weight is 230 g/mol. The van der Waals surface area contributed by atoms with Crippen molar-refractivity contribution in [3.8, 4) is 0 Å². The summed E-state index contributed by atoms with van der Waals surface area (Å²) in [6.45, 7) is 0. The predicted octanol–water partition coefficient (Wildman–Crippen LogP) is -0.198. The fraction of sp³-hybridized carbons (Fsp3) is 0.833. The van der Waals surface area contributed by atoms with Gasteiger partial charge in [-0.1, -0.05) is 0 Å². The van der Waals surface area contributed by atoms with Crippen LogP contribution in [0.5, 0.6) is 0 Å². The second-order valence-electron chi connectivity index (χ2n) is 2.54. The summed E-state index contributed by atoms with van der Waals surface area (Å²) in [4.78, 5) is 10.6. The molecule has 0 radical (unpaired) electrons. The first kappa shape index (κ1) is 13.9. The van der Waals surface area contributed by atoms with Gasteiger partial charge in [-0.05, 0) is 7.05 Å². The first-order valence-electron chi connectivity index (χ1n) is 3.89. The van der Waals surface area contributed by atoms with Crippen molar-refractivity contribution < 1.29 is 22.7 Å². The molecule has 0 aromatic carbocycles. The zero-order valence-electron chi connectivity index (χ0n) is 8.47. The van der Waals surface area contributed by atoms with Crippen LogP contribution in [0.4, 0.5) is 18.0 Å². The molecule has 0 rings (SSSR count). The molecule has 1 atom stereocenters. The number of nitrogens with zero attached hydrogens (tertiary/aromatic N) is 1. The summed E-state index contributed by atoms with van der Waals surface area (Å²) < 4.78 is 41.2. The van der Waals surface area contributed by atoms with Crippen molar-refractivity contribution in [1.29, 1.82) is 0 Å². The Morgan fingerprint density at radius 2 is 2.00 bits per heavy atom. The number of carbonyl (C=O) groups excluding carboxylic acids is 1. The van der Waals surface area contributed by atoms with Crippen molar-refractivity contribution in [1.82, 2.24) is 21.3 Å². The molecule has 15 heavy (non-hydrogen) atoms. The van der Waals surface area contributed by atoms with E-state index in [-0.39, 0.29) is 0 Å². The van der Waals surface area contributed by atoms with Crippen LogP contribution in [0.1, 0.15) is 0 Å². The number of nitrogens with one attached hydrogen (secondary N) is 3. The number of hydrazine groups is 2. The summed E-state index contributed by atoms with van der Waals surface area (Å²) in [5.41, 5.74) is 5.79. The smallest absolute Gasteiger partial charge is 0.421 e. The van der Waals surface area contributed by atoms with Crippen molar-refractivity contribution in [2.24, 2.45) is 0 Å². The maximum atomic E-state index is 12.4. The van der Waals surface area contributed by atoms with Crippen LogP contribution in [0.3, 0.4) is 0 Å². The van der Waals surface area contributed by atoms with Gasteiger partial charge in [0.05, 0.1) is 7.11 Å². The largest absolute Gasteiger partial charge is 0.452 e. The number of rotatable bonds is 4. The molecule has 0 spiro atoms. The van der Waals surface area contributed by atoms with Crippen molar-refractivity contribution in [3.05, 3.63) is 0 Å². The molecule has 0 saturated carbocycles. The molecule has 0 aliphatic carbocycles. The number of hydrogen-bond acceptors (Lipinski definition) is 5. The van der Waals surface area contributed by atoms with Crippen LogP contribution in [0.25, 0.3) is 0 Å². The first-order valence-corrected chi connectivity index (χ1v) is 3.89. The number of methoxy groups -OCH3 is 1. The average Bonchev–Trinajstić information content (AvgIpc) is 2.15. The highest BCUT2D eigenvalue weighted by Gasteiger charge is 2.42. The molecule has 0 aliphatic heterocycles. The molecule has 0 heterocycles. The van der Waals surface area contributed by atoms with Crippen LogP contribution >= 0.6 is 0 Å². The summed E-state index contributed by atoms with van der Waals surface area (Å²) in [5.74, 6) is 0. The van der Waals surface area contributed by atoms with Gasteiger partial charge in [-0.25, -0.2) is 15.2 Å². The third kappa shape index (κ3) is 4.81. The highest BCUT2D eigenvalue weighted by Crippen LogP contribution is 2.20. The Balaban J connectivity index is 4.33. The lowest BCUT2D eigenvalue weighted by molar-refractivity contribution is -0.198. The van der Waals surface area contributed by atoms with Gasteiger partial charge in [0, 0.05) is 7.05 Å². The summed E-state index contributed by atoms with van der Waals surface area (Å²) in [6.07, 6.45) is -7.60. The van der Waals surface area contributed by atoms with Gasteiger partial charge in [0.2, 0.25) is 0 Å². The molecule has 6 nitrogen and oxygen atoms in total. The van der Waals surface area contributed by atoms with Gasteiger partial charge >= 0.3 is 12.3 Å². The molecule has 1 amide bonds. The minimum Gasteiger partial charge on any atom is -0.452 e. The zero-order chi connectivity index (χ0) is 12.1. The molecule has 0 aliphatic rings. The van der Waals surface area contributed by atoms with Crippen molar-refractivity contribution in [2.75, 3.05) is 21.2 Å². The lowest BCUT2D eigenvalue weighted by atomic mass is 10.5. The summed E-state index contributed by atoms with van der Waals surface area (Å²) >= 11 is 0. The minimum atomic E-state index is -4.54. The normalized spacial score (nSPS) is 13.8. The Bertz CT molecular complexity index is 211. The molecule has 0 aromatic rings. The van der Waals surface area contributed by atoms with Gasteiger partial charge in [-0.2, -0.15) is 13.2 Å². The zero-order valence-corrected chi connectivity index (χ0v) is 8.47. The SMILES string of the molecule is CNN(C)C(NNC(=O)OC)C(F)(F)F. The van der Waals surface area contributed by atoms with E-state index in [0.717, 1.165) is 12.1 Å². The third-order valence-corrected chi connectivity index (χ3v) is 1.55. The second-order valence-corrected chi connectivity index (χ2v) is 2.54. The molecule has 0 fully saturated rings. The molecule has 9 heteroatoms. The molecule has 1 unspecified atom stereocenters. The number of alkyl halides is 3. The maximum absolute atomic E-state index is 12.4. The highest BCUT2D eigenvalue weighted by atomic mass is 19.4. The van der Waals surface area contributed by atoms with Crippen molar-refractivity contribution in [2.45, 2.75) is 12.3 Å². The van der Waals surface area contributed by atoms with Gasteiger partial charge in [0.25, 0.3) is 0 Å². The fourth-order valence-electron chi connectivity index (χ4n) is 0.706. The molecule has 0 saturated heterocycles. The Hall–Kier alpha value is -1.06. The quantitative estimate of drug-likeness (QED) is 0.461. The van der Waals surface area contributed by atoms with E-state index in [1.54, 1.807) is 10.9 Å². The predicted molar refractivity (Wildman–Crippen MR) is 45.3 cm³/mol. The molecule has 3 N–H and O–H groups in total. The lowest BCUT2D eigenvalue weighted by Gasteiger charge is -2.29. The van der Waals surface area contributed by atoms with Crippen LogP contribution in [-0.4, -0.2) is 44.6 Å². The van der Waals surface area contributed by atoms with E-state index in [1.165, 1.54) is 14.1 Å². The van der Waals surface area contributed by atoms with E-state index >= 15 is 0 Å². The molecular weight excluding hydrogens is 217 g/mol. The van der Waals surface area contributed by atoms with Gasteiger partial charge < -0.3 is 4.74 Å². The monoisotopic (exact) mass is 230 g/mol. The van der Waals surface area contributed by atoms with E-state index in [9.17, 15) is 18.0 Å². The number of hydrogen-bond donors (Lipinski definition) is 3. The van der Waals surface area contributed by atoms with Crippen LogP contribution in [0.2, 0.25) is 0 Å². The highest BCUT2D eigenvalue weighted by molar-refractivity contribution is 5.66. The van der Waals surface area contributed by atoms with E-state index < -0.39 is 18.4 Å². The first-order chi connectivity index (χ1) is 6.82. The molecule has 90 valence electrons. The molecule has 0 aromatic heterocycles. The van der Waals surface area contributed by atoms with Crippen LogP contribution in [-0.2, 0) is 4.74 Å². The summed E-state index contributed by atoms with van der Waals surface area (Å²) in [5, 5.41) is 0.746. The second kappa shape index (κ2) is 5.73. The summed E-state index contributed by atoms with van der Waals surface area (Å²) in [7, 11) is 3.53. The third-order valence-electron chi connectivity index (χ3n) is 1.55. The Morgan fingerprint density at radius 1 is 1.47 bits per heavy atom. The minimum absolute atomic E-state index is 0.746. The number of ether oxygens (including phenoxy) is 1. The standard InChI is InChI=1S/C6H13F3N4O2/c1-10-13(2)4(6(7,8)9)11-12-5(14)15-3/h4,10-11H,1-3H3,(H,12,14). The van der Waals surface area contributed by atoms with Crippen molar-refractivity contribution in [3.63, 3.8) is 0 Å². The maximum Gasteiger partial charge on any atom is 0.421 e. The number of amides is 1. The van der Waals surface area contributed by atoms with Gasteiger partial charge in [-0.3, -0.25) is 10.9 Å². The fourth-order valence-corrected chi connectivity index (χ4v) is 0.706. The lowest BCUT2D eigenvalue weighted by Crippen LogP contribution is -2.61. The number of carbonyl (C=O) groups is 1.